The van der Waals surface area contributed by atoms with Crippen LogP contribution in [0.25, 0.3) is 0 Å². The third kappa shape index (κ3) is 2.34. The van der Waals surface area contributed by atoms with Crippen LogP contribution in [0.1, 0.15) is 30.4 Å². The molecule has 1 aromatic rings. The van der Waals surface area contributed by atoms with E-state index >= 15 is 0 Å². The molecule has 0 amide bonds. The van der Waals surface area contributed by atoms with Crippen molar-refractivity contribution in [1.82, 2.24) is 0 Å². The summed E-state index contributed by atoms with van der Waals surface area (Å²) in [5, 5.41) is 19.1. The van der Waals surface area contributed by atoms with Gasteiger partial charge in [0.2, 0.25) is 0 Å². The average molecular weight is 249 g/mol. The minimum absolute atomic E-state index is 0.362. The Bertz CT molecular complexity index is 455. The van der Waals surface area contributed by atoms with Gasteiger partial charge in [0, 0.05) is 5.56 Å². The summed E-state index contributed by atoms with van der Waals surface area (Å²) in [6, 6.07) is 5.39. The molecule has 0 saturated carbocycles. The first-order valence-corrected chi connectivity index (χ1v) is 6.05. The number of rotatable bonds is 4. The number of fused-ring (bicyclic) bond motifs is 1. The molecule has 1 radical (unpaired) electrons. The van der Waals surface area contributed by atoms with Gasteiger partial charge in [-0.15, -0.1) is 0 Å². The average Bonchev–Trinajstić information content (AvgIpc) is 2.37. The Kier molecular flexibility index (Phi) is 3.57. The van der Waals surface area contributed by atoms with Crippen molar-refractivity contribution in [1.29, 1.82) is 0 Å². The number of ether oxygens (including phenoxy) is 1. The molecule has 1 aliphatic rings. The Morgan fingerprint density at radius 1 is 1.50 bits per heavy atom. The first-order valence-electron chi connectivity index (χ1n) is 6.05. The van der Waals surface area contributed by atoms with Gasteiger partial charge in [-0.2, -0.15) is 0 Å². The zero-order valence-corrected chi connectivity index (χ0v) is 10.2. The quantitative estimate of drug-likeness (QED) is 0.855. The normalized spacial score (nSPS) is 22.3. The summed E-state index contributed by atoms with van der Waals surface area (Å²) in [4.78, 5) is 10.5. The van der Waals surface area contributed by atoms with Gasteiger partial charge in [-0.05, 0) is 37.3 Å². The number of hydrogen-bond acceptors (Lipinski definition) is 3. The van der Waals surface area contributed by atoms with Crippen molar-refractivity contribution >= 4 is 5.97 Å². The van der Waals surface area contributed by atoms with E-state index in [-0.39, 0.29) is 6.61 Å². The minimum Gasteiger partial charge on any atom is -0.482 e. The lowest BCUT2D eigenvalue weighted by atomic mass is 9.77. The SMILES string of the molecule is [CH2]CC1(O)CCCc2c(OCC(=O)O)cccc21. The molecule has 4 nitrogen and oxygen atoms in total. The van der Waals surface area contributed by atoms with Crippen LogP contribution in [0.2, 0.25) is 0 Å². The van der Waals surface area contributed by atoms with E-state index in [0.29, 0.717) is 18.6 Å². The van der Waals surface area contributed by atoms with Gasteiger partial charge in [-0.3, -0.25) is 0 Å². The maximum absolute atomic E-state index is 10.5. The van der Waals surface area contributed by atoms with Crippen LogP contribution in [-0.2, 0) is 16.8 Å². The Balaban J connectivity index is 2.35. The summed E-state index contributed by atoms with van der Waals surface area (Å²) in [6.07, 6.45) is 2.74. The summed E-state index contributed by atoms with van der Waals surface area (Å²) in [6.45, 7) is 3.44. The monoisotopic (exact) mass is 249 g/mol. The van der Waals surface area contributed by atoms with Crippen molar-refractivity contribution in [2.24, 2.45) is 0 Å². The highest BCUT2D eigenvalue weighted by Crippen LogP contribution is 2.41. The van der Waals surface area contributed by atoms with Crippen LogP contribution in [0.15, 0.2) is 18.2 Å². The lowest BCUT2D eigenvalue weighted by molar-refractivity contribution is -0.139. The van der Waals surface area contributed by atoms with Crippen LogP contribution in [0.3, 0.4) is 0 Å². The number of carboxylic acid groups (broad SMARTS) is 1. The zero-order valence-electron chi connectivity index (χ0n) is 10.2. The molecule has 1 atom stereocenters. The fourth-order valence-corrected chi connectivity index (χ4v) is 2.49. The number of hydrogen-bond donors (Lipinski definition) is 2. The van der Waals surface area contributed by atoms with E-state index in [1.54, 1.807) is 12.1 Å². The van der Waals surface area contributed by atoms with Gasteiger partial charge in [0.25, 0.3) is 0 Å². The highest BCUT2D eigenvalue weighted by Gasteiger charge is 2.33. The van der Waals surface area contributed by atoms with Crippen LogP contribution in [0, 0.1) is 6.92 Å². The van der Waals surface area contributed by atoms with E-state index in [2.05, 4.69) is 6.92 Å². The second-order valence-electron chi connectivity index (χ2n) is 4.60. The summed E-state index contributed by atoms with van der Waals surface area (Å²) in [7, 11) is 0. The highest BCUT2D eigenvalue weighted by atomic mass is 16.5. The van der Waals surface area contributed by atoms with E-state index in [1.807, 2.05) is 6.07 Å². The summed E-state index contributed by atoms with van der Waals surface area (Å²) < 4.78 is 5.27. The third-order valence-electron chi connectivity index (χ3n) is 3.42. The van der Waals surface area contributed by atoms with Crippen molar-refractivity contribution in [2.75, 3.05) is 6.61 Å². The van der Waals surface area contributed by atoms with Crippen LogP contribution in [-0.4, -0.2) is 22.8 Å². The van der Waals surface area contributed by atoms with Crippen molar-refractivity contribution < 1.29 is 19.7 Å². The fourth-order valence-electron chi connectivity index (χ4n) is 2.49. The van der Waals surface area contributed by atoms with E-state index in [9.17, 15) is 9.90 Å². The molecule has 1 aliphatic carbocycles. The van der Waals surface area contributed by atoms with Gasteiger partial charge < -0.3 is 14.9 Å². The largest absolute Gasteiger partial charge is 0.482 e. The molecular weight excluding hydrogens is 232 g/mol. The molecule has 0 saturated heterocycles. The molecule has 2 N–H and O–H groups in total. The number of carbonyl (C=O) groups is 1. The maximum atomic E-state index is 10.5. The fraction of sp³-hybridized carbons (Fsp3) is 0.429. The molecule has 1 unspecified atom stereocenters. The zero-order chi connectivity index (χ0) is 13.2. The van der Waals surface area contributed by atoms with E-state index < -0.39 is 11.6 Å². The molecule has 97 valence electrons. The molecule has 1 aromatic carbocycles. The predicted molar refractivity (Wildman–Crippen MR) is 66.4 cm³/mol. The van der Waals surface area contributed by atoms with E-state index in [1.165, 1.54) is 0 Å². The van der Waals surface area contributed by atoms with Gasteiger partial charge in [-0.25, -0.2) is 4.79 Å². The maximum Gasteiger partial charge on any atom is 0.341 e. The second kappa shape index (κ2) is 4.98. The van der Waals surface area contributed by atoms with E-state index in [0.717, 1.165) is 24.0 Å². The summed E-state index contributed by atoms with van der Waals surface area (Å²) in [5.74, 6) is -0.447. The van der Waals surface area contributed by atoms with Gasteiger partial charge in [-0.1, -0.05) is 19.1 Å². The van der Waals surface area contributed by atoms with Crippen LogP contribution in [0.5, 0.6) is 5.75 Å². The van der Waals surface area contributed by atoms with Crippen molar-refractivity contribution in [3.63, 3.8) is 0 Å². The molecule has 0 aliphatic heterocycles. The smallest absolute Gasteiger partial charge is 0.341 e. The number of aliphatic carboxylic acids is 1. The molecule has 0 fully saturated rings. The molecule has 2 rings (SSSR count). The highest BCUT2D eigenvalue weighted by molar-refractivity contribution is 5.68. The molecule has 0 spiro atoms. The summed E-state index contributed by atoms with van der Waals surface area (Å²) >= 11 is 0. The lowest BCUT2D eigenvalue weighted by Crippen LogP contribution is -2.30. The molecule has 0 bridgehead atoms. The third-order valence-corrected chi connectivity index (χ3v) is 3.42. The molecule has 0 aromatic heterocycles. The van der Waals surface area contributed by atoms with Gasteiger partial charge >= 0.3 is 5.97 Å². The number of aliphatic hydroxyl groups is 1. The molecule has 4 heteroatoms. The number of benzene rings is 1. The van der Waals surface area contributed by atoms with Crippen molar-refractivity contribution in [3.8, 4) is 5.75 Å². The Labute approximate surface area is 106 Å². The first kappa shape index (κ1) is 12.9. The minimum atomic E-state index is -1.00. The summed E-state index contributed by atoms with van der Waals surface area (Å²) in [5.41, 5.74) is 0.832. The van der Waals surface area contributed by atoms with Crippen LogP contribution < -0.4 is 4.74 Å². The lowest BCUT2D eigenvalue weighted by Gasteiger charge is -2.34. The van der Waals surface area contributed by atoms with Crippen LogP contribution in [0.4, 0.5) is 0 Å². The van der Waals surface area contributed by atoms with Crippen molar-refractivity contribution in [2.45, 2.75) is 31.3 Å². The van der Waals surface area contributed by atoms with Gasteiger partial charge in [0.1, 0.15) is 5.75 Å². The topological polar surface area (TPSA) is 66.8 Å². The Morgan fingerprint density at radius 3 is 2.94 bits per heavy atom. The van der Waals surface area contributed by atoms with Crippen molar-refractivity contribution in [3.05, 3.63) is 36.2 Å². The molecule has 0 heterocycles. The first-order chi connectivity index (χ1) is 8.57. The Morgan fingerprint density at radius 2 is 2.28 bits per heavy atom. The standard InChI is InChI=1S/C14H17O4/c1-2-14(17)8-4-5-10-11(14)6-3-7-12(10)18-9-13(15)16/h3,6-7,17H,1-2,4-5,8-9H2,(H,15,16). The van der Waals surface area contributed by atoms with Crippen LogP contribution >= 0.6 is 0 Å². The molecule has 18 heavy (non-hydrogen) atoms. The Hall–Kier alpha value is -1.55. The molecular formula is C14H17O4. The van der Waals surface area contributed by atoms with Gasteiger partial charge in [0.05, 0.1) is 5.60 Å². The number of carboxylic acids is 1. The van der Waals surface area contributed by atoms with Gasteiger partial charge in [0.15, 0.2) is 6.61 Å². The second-order valence-corrected chi connectivity index (χ2v) is 4.60. The van der Waals surface area contributed by atoms with E-state index in [4.69, 9.17) is 9.84 Å². The predicted octanol–water partition coefficient (Wildman–Crippen LogP) is 1.90.